The zero-order valence-electron chi connectivity index (χ0n) is 12.3. The highest BCUT2D eigenvalue weighted by molar-refractivity contribution is 5.94. The summed E-state index contributed by atoms with van der Waals surface area (Å²) in [5.41, 5.74) is -0.511. The molecule has 6 heteroatoms. The van der Waals surface area contributed by atoms with Crippen molar-refractivity contribution in [2.45, 2.75) is 39.2 Å². The third kappa shape index (κ3) is 2.99. The fourth-order valence-electron chi connectivity index (χ4n) is 2.71. The molecule has 6 nitrogen and oxygen atoms in total. The molecule has 1 aliphatic rings. The third-order valence-corrected chi connectivity index (χ3v) is 4.06. The van der Waals surface area contributed by atoms with Gasteiger partial charge >= 0.3 is 11.9 Å². The molecule has 1 fully saturated rings. The van der Waals surface area contributed by atoms with Crippen molar-refractivity contribution in [3.8, 4) is 0 Å². The zero-order chi connectivity index (χ0) is 15.5. The number of aromatic nitrogens is 1. The van der Waals surface area contributed by atoms with E-state index in [1.807, 2.05) is 0 Å². The summed E-state index contributed by atoms with van der Waals surface area (Å²) in [7, 11) is 0. The van der Waals surface area contributed by atoms with E-state index in [9.17, 15) is 14.7 Å². The molecule has 0 aromatic carbocycles. The molecule has 2 unspecified atom stereocenters. The molecule has 0 amide bonds. The van der Waals surface area contributed by atoms with Gasteiger partial charge in [0.1, 0.15) is 11.4 Å². The average Bonchev–Trinajstić information content (AvgIpc) is 2.82. The van der Waals surface area contributed by atoms with E-state index in [0.29, 0.717) is 17.8 Å². The van der Waals surface area contributed by atoms with Gasteiger partial charge in [-0.1, -0.05) is 6.42 Å². The Morgan fingerprint density at radius 3 is 3.00 bits per heavy atom. The first-order valence-corrected chi connectivity index (χ1v) is 7.11. The van der Waals surface area contributed by atoms with E-state index in [1.54, 1.807) is 32.2 Å². The maximum absolute atomic E-state index is 11.9. The molecule has 1 aromatic rings. The third-order valence-electron chi connectivity index (χ3n) is 4.06. The Morgan fingerprint density at radius 1 is 1.57 bits per heavy atom. The van der Waals surface area contributed by atoms with Crippen LogP contribution in [0.1, 0.15) is 43.5 Å². The van der Waals surface area contributed by atoms with E-state index in [2.05, 4.69) is 10.3 Å². The first kappa shape index (κ1) is 15.3. The van der Waals surface area contributed by atoms with Crippen LogP contribution in [0, 0.1) is 5.41 Å². The van der Waals surface area contributed by atoms with Crippen molar-refractivity contribution in [2.75, 3.05) is 11.9 Å². The first-order chi connectivity index (χ1) is 9.99. The van der Waals surface area contributed by atoms with Crippen molar-refractivity contribution in [2.24, 2.45) is 5.41 Å². The van der Waals surface area contributed by atoms with Gasteiger partial charge in [0.05, 0.1) is 12.0 Å². The molecule has 1 aromatic heterocycles. The van der Waals surface area contributed by atoms with Crippen molar-refractivity contribution in [1.82, 2.24) is 4.98 Å². The molecule has 1 saturated carbocycles. The molecule has 0 spiro atoms. The van der Waals surface area contributed by atoms with Gasteiger partial charge < -0.3 is 15.2 Å². The molecule has 2 rings (SSSR count). The maximum Gasteiger partial charge on any atom is 0.341 e. The van der Waals surface area contributed by atoms with Gasteiger partial charge in [-0.3, -0.25) is 4.79 Å². The van der Waals surface area contributed by atoms with Crippen LogP contribution in [-0.2, 0) is 9.53 Å². The Hall–Kier alpha value is -2.11. The maximum atomic E-state index is 11.9. The number of carbonyl (C=O) groups is 2. The summed E-state index contributed by atoms with van der Waals surface area (Å²) in [4.78, 5) is 27.6. The van der Waals surface area contributed by atoms with Crippen molar-refractivity contribution in [1.29, 1.82) is 0 Å². The number of aliphatic carboxylic acids is 1. The number of carboxylic acids is 1. The van der Waals surface area contributed by atoms with E-state index in [4.69, 9.17) is 4.74 Å². The minimum absolute atomic E-state index is 0.252. The van der Waals surface area contributed by atoms with Crippen molar-refractivity contribution < 1.29 is 19.4 Å². The van der Waals surface area contributed by atoms with Crippen molar-refractivity contribution >= 4 is 17.8 Å². The summed E-state index contributed by atoms with van der Waals surface area (Å²) in [5, 5.41) is 12.6. The largest absolute Gasteiger partial charge is 0.481 e. The first-order valence-electron chi connectivity index (χ1n) is 7.11. The second-order valence-electron chi connectivity index (χ2n) is 5.43. The SMILES string of the molecule is CCOC(=O)c1cccnc1NC1CCCC1(C)C(=O)O. The normalized spacial score (nSPS) is 24.6. The van der Waals surface area contributed by atoms with E-state index in [-0.39, 0.29) is 12.6 Å². The second-order valence-corrected chi connectivity index (χ2v) is 5.43. The van der Waals surface area contributed by atoms with Crippen LogP contribution >= 0.6 is 0 Å². The lowest BCUT2D eigenvalue weighted by atomic mass is 9.85. The molecule has 0 bridgehead atoms. The van der Waals surface area contributed by atoms with Gasteiger partial charge in [0, 0.05) is 12.2 Å². The highest BCUT2D eigenvalue weighted by atomic mass is 16.5. The lowest BCUT2D eigenvalue weighted by Crippen LogP contribution is -2.40. The van der Waals surface area contributed by atoms with Gasteiger partial charge in [-0.05, 0) is 38.8 Å². The molecule has 0 radical (unpaired) electrons. The molecular weight excluding hydrogens is 272 g/mol. The lowest BCUT2D eigenvalue weighted by Gasteiger charge is -2.28. The predicted molar refractivity (Wildman–Crippen MR) is 77.2 cm³/mol. The standard InChI is InChI=1S/C15H20N2O4/c1-3-21-13(18)10-6-5-9-16-12(10)17-11-7-4-8-15(11,2)14(19)20/h5-6,9,11H,3-4,7-8H2,1-2H3,(H,16,17)(H,19,20). The smallest absolute Gasteiger partial charge is 0.341 e. The Balaban J connectivity index is 2.24. The molecule has 0 saturated heterocycles. The summed E-state index contributed by atoms with van der Waals surface area (Å²) < 4.78 is 5.00. The van der Waals surface area contributed by atoms with Gasteiger partial charge in [-0.15, -0.1) is 0 Å². The highest BCUT2D eigenvalue weighted by Crippen LogP contribution is 2.40. The average molecular weight is 292 g/mol. The summed E-state index contributed by atoms with van der Waals surface area (Å²) in [6.45, 7) is 3.75. The van der Waals surface area contributed by atoms with Crippen LogP contribution < -0.4 is 5.32 Å². The van der Waals surface area contributed by atoms with Gasteiger partial charge in [0.15, 0.2) is 0 Å². The molecular formula is C15H20N2O4. The number of nitrogens with one attached hydrogen (secondary N) is 1. The van der Waals surface area contributed by atoms with Crippen LogP contribution in [0.15, 0.2) is 18.3 Å². The van der Waals surface area contributed by atoms with Gasteiger partial charge in [0.25, 0.3) is 0 Å². The van der Waals surface area contributed by atoms with Crippen LogP contribution in [0.2, 0.25) is 0 Å². The van der Waals surface area contributed by atoms with Crippen LogP contribution in [0.25, 0.3) is 0 Å². The topological polar surface area (TPSA) is 88.5 Å². The summed E-state index contributed by atoms with van der Waals surface area (Å²) in [6.07, 6.45) is 3.75. The summed E-state index contributed by atoms with van der Waals surface area (Å²) >= 11 is 0. The Labute approximate surface area is 123 Å². The fraction of sp³-hybridized carbons (Fsp3) is 0.533. The number of hydrogen-bond acceptors (Lipinski definition) is 5. The monoisotopic (exact) mass is 292 g/mol. The molecule has 0 aliphatic heterocycles. The Morgan fingerprint density at radius 2 is 2.33 bits per heavy atom. The molecule has 2 atom stereocenters. The zero-order valence-corrected chi connectivity index (χ0v) is 12.3. The second kappa shape index (κ2) is 6.11. The van der Waals surface area contributed by atoms with Gasteiger partial charge in [-0.2, -0.15) is 0 Å². The highest BCUT2D eigenvalue weighted by Gasteiger charge is 2.45. The lowest BCUT2D eigenvalue weighted by molar-refractivity contribution is -0.147. The van der Waals surface area contributed by atoms with Crippen molar-refractivity contribution in [3.05, 3.63) is 23.9 Å². The molecule has 114 valence electrons. The minimum atomic E-state index is -0.844. The number of carbonyl (C=O) groups excluding carboxylic acids is 1. The minimum Gasteiger partial charge on any atom is -0.481 e. The Kier molecular flexibility index (Phi) is 4.45. The number of esters is 1. The number of rotatable bonds is 5. The van der Waals surface area contributed by atoms with E-state index >= 15 is 0 Å². The van der Waals surface area contributed by atoms with E-state index in [1.165, 1.54) is 0 Å². The molecule has 1 aliphatic carbocycles. The van der Waals surface area contributed by atoms with E-state index < -0.39 is 17.4 Å². The number of hydrogen-bond donors (Lipinski definition) is 2. The molecule has 21 heavy (non-hydrogen) atoms. The van der Waals surface area contributed by atoms with Gasteiger partial charge in [0.2, 0.25) is 0 Å². The van der Waals surface area contributed by atoms with E-state index in [0.717, 1.165) is 12.8 Å². The number of nitrogens with zero attached hydrogens (tertiary/aromatic N) is 1. The van der Waals surface area contributed by atoms with Crippen LogP contribution in [0.3, 0.4) is 0 Å². The number of ether oxygens (including phenoxy) is 1. The summed E-state index contributed by atoms with van der Waals surface area (Å²) in [5.74, 6) is -0.899. The number of carboxylic acid groups (broad SMARTS) is 1. The summed E-state index contributed by atoms with van der Waals surface area (Å²) in [6, 6.07) is 3.03. The fourth-order valence-corrected chi connectivity index (χ4v) is 2.71. The van der Waals surface area contributed by atoms with Gasteiger partial charge in [-0.25, -0.2) is 9.78 Å². The van der Waals surface area contributed by atoms with Crippen LogP contribution in [0.5, 0.6) is 0 Å². The molecule has 1 heterocycles. The quantitative estimate of drug-likeness (QED) is 0.810. The molecule has 2 N–H and O–H groups in total. The van der Waals surface area contributed by atoms with Crippen molar-refractivity contribution in [3.63, 3.8) is 0 Å². The Bertz CT molecular complexity index is 546. The van der Waals surface area contributed by atoms with Crippen LogP contribution in [0.4, 0.5) is 5.82 Å². The predicted octanol–water partition coefficient (Wildman–Crippen LogP) is 2.31. The number of pyridine rings is 1. The number of anilines is 1. The van der Waals surface area contributed by atoms with Crippen LogP contribution in [-0.4, -0.2) is 34.7 Å².